The number of rotatable bonds is 9. The average molecular weight is 586 g/mol. The van der Waals surface area contributed by atoms with E-state index >= 15 is 0 Å². The fourth-order valence-electron chi connectivity index (χ4n) is 3.74. The van der Waals surface area contributed by atoms with Crippen molar-refractivity contribution in [2.45, 2.75) is 30.6 Å². The van der Waals surface area contributed by atoms with Crippen LogP contribution < -0.4 is 9.62 Å². The summed E-state index contributed by atoms with van der Waals surface area (Å²) in [6, 6.07) is 13.6. The van der Waals surface area contributed by atoms with Crippen LogP contribution in [0.2, 0.25) is 5.02 Å². The Hall–Kier alpha value is -3.64. The van der Waals surface area contributed by atoms with Gasteiger partial charge in [-0.1, -0.05) is 48.0 Å². The molecule has 2 amide bonds. The van der Waals surface area contributed by atoms with Crippen molar-refractivity contribution < 1.29 is 35.6 Å². The van der Waals surface area contributed by atoms with Crippen molar-refractivity contribution in [1.29, 1.82) is 0 Å². The van der Waals surface area contributed by atoms with E-state index < -0.39 is 69.2 Å². The molecule has 208 valence electrons. The summed E-state index contributed by atoms with van der Waals surface area (Å²) in [7, 11) is -3.27. The molecular formula is C26H24ClF4N3O4S. The van der Waals surface area contributed by atoms with Crippen LogP contribution >= 0.6 is 11.6 Å². The fourth-order valence-corrected chi connectivity index (χ4v) is 5.39. The molecule has 0 aliphatic rings. The van der Waals surface area contributed by atoms with Gasteiger partial charge in [-0.25, -0.2) is 12.8 Å². The summed E-state index contributed by atoms with van der Waals surface area (Å²) in [5.74, 6) is -2.25. The Bertz CT molecular complexity index is 1450. The molecule has 0 aliphatic heterocycles. The summed E-state index contributed by atoms with van der Waals surface area (Å²) < 4.78 is 83.0. The van der Waals surface area contributed by atoms with Crippen molar-refractivity contribution in [2.24, 2.45) is 0 Å². The molecule has 0 aromatic heterocycles. The van der Waals surface area contributed by atoms with E-state index in [1.807, 2.05) is 0 Å². The molecule has 0 saturated heterocycles. The number of alkyl halides is 3. The van der Waals surface area contributed by atoms with Crippen molar-refractivity contribution in [2.75, 3.05) is 17.9 Å². The normalized spacial score (nSPS) is 12.5. The van der Waals surface area contributed by atoms with Crippen LogP contribution in [0.25, 0.3) is 0 Å². The number of carbonyl (C=O) groups excluding carboxylic acids is 2. The largest absolute Gasteiger partial charge is 0.417 e. The molecule has 3 aromatic carbocycles. The Labute approximate surface area is 228 Å². The van der Waals surface area contributed by atoms with Crippen molar-refractivity contribution >= 4 is 39.1 Å². The van der Waals surface area contributed by atoms with E-state index in [1.165, 1.54) is 56.4 Å². The number of hydrogen-bond acceptors (Lipinski definition) is 4. The summed E-state index contributed by atoms with van der Waals surface area (Å²) in [5, 5.41) is 1.71. The predicted molar refractivity (Wildman–Crippen MR) is 138 cm³/mol. The minimum Gasteiger partial charge on any atom is -0.357 e. The molecule has 7 nitrogen and oxygen atoms in total. The molecule has 0 bridgehead atoms. The van der Waals surface area contributed by atoms with Gasteiger partial charge >= 0.3 is 6.18 Å². The zero-order chi connectivity index (χ0) is 29.0. The van der Waals surface area contributed by atoms with Crippen molar-refractivity contribution in [3.05, 3.63) is 94.8 Å². The van der Waals surface area contributed by atoms with Gasteiger partial charge in [-0.2, -0.15) is 13.2 Å². The van der Waals surface area contributed by atoms with Crippen molar-refractivity contribution in [1.82, 2.24) is 10.2 Å². The Morgan fingerprint density at radius 3 is 2.21 bits per heavy atom. The topological polar surface area (TPSA) is 86.8 Å². The van der Waals surface area contributed by atoms with E-state index in [1.54, 1.807) is 6.07 Å². The standard InChI is InChI=1S/C26H24ClF4N3O4S/c1-17(25(36)32-2)33(15-18-8-6-7-11-23(18)28)24(35)16-34(39(37,38)20-9-4-3-5-10-20)19-12-13-22(27)21(14-19)26(29,30)31/h3-14,17H,15-16H2,1-2H3,(H,32,36). The minimum atomic E-state index is -4.91. The number of nitrogens with one attached hydrogen (secondary N) is 1. The molecule has 0 aliphatic carbocycles. The first-order valence-corrected chi connectivity index (χ1v) is 13.3. The molecule has 0 heterocycles. The first-order valence-electron chi connectivity index (χ1n) is 11.5. The van der Waals surface area contributed by atoms with E-state index in [-0.39, 0.29) is 10.5 Å². The van der Waals surface area contributed by atoms with Gasteiger partial charge in [-0.15, -0.1) is 0 Å². The van der Waals surface area contributed by atoms with Gasteiger partial charge in [0.25, 0.3) is 10.0 Å². The highest BCUT2D eigenvalue weighted by Gasteiger charge is 2.37. The quantitative estimate of drug-likeness (QED) is 0.364. The maximum absolute atomic E-state index is 14.4. The first-order chi connectivity index (χ1) is 18.3. The third kappa shape index (κ3) is 6.87. The molecule has 13 heteroatoms. The molecule has 1 N–H and O–H groups in total. The SMILES string of the molecule is CNC(=O)C(C)N(Cc1ccccc1F)C(=O)CN(c1ccc(Cl)c(C(F)(F)F)c1)S(=O)(=O)c1ccccc1. The zero-order valence-electron chi connectivity index (χ0n) is 20.7. The van der Waals surface area contributed by atoms with Crippen LogP contribution in [0.5, 0.6) is 0 Å². The average Bonchev–Trinajstić information content (AvgIpc) is 2.90. The highest BCUT2D eigenvalue weighted by molar-refractivity contribution is 7.92. The Balaban J connectivity index is 2.12. The zero-order valence-corrected chi connectivity index (χ0v) is 22.3. The maximum atomic E-state index is 14.4. The van der Waals surface area contributed by atoms with E-state index in [9.17, 15) is 35.6 Å². The van der Waals surface area contributed by atoms with Gasteiger partial charge in [0.05, 0.1) is 21.2 Å². The summed E-state index contributed by atoms with van der Waals surface area (Å²) in [4.78, 5) is 26.7. The number of halogens is 5. The third-order valence-electron chi connectivity index (χ3n) is 5.87. The fraction of sp³-hybridized carbons (Fsp3) is 0.231. The highest BCUT2D eigenvalue weighted by Crippen LogP contribution is 2.38. The van der Waals surface area contributed by atoms with Gasteiger partial charge in [-0.05, 0) is 43.3 Å². The molecule has 1 atom stereocenters. The van der Waals surface area contributed by atoms with E-state index in [0.29, 0.717) is 10.4 Å². The second kappa shape index (κ2) is 12.0. The number of likely N-dealkylation sites (N-methyl/N-ethyl adjacent to an activating group) is 1. The Kier molecular flexibility index (Phi) is 9.23. The highest BCUT2D eigenvalue weighted by atomic mass is 35.5. The molecule has 1 unspecified atom stereocenters. The smallest absolute Gasteiger partial charge is 0.357 e. The van der Waals surface area contributed by atoms with E-state index in [0.717, 1.165) is 23.1 Å². The Morgan fingerprint density at radius 1 is 1.00 bits per heavy atom. The number of benzene rings is 3. The van der Waals surface area contributed by atoms with Crippen LogP contribution in [0.1, 0.15) is 18.1 Å². The molecule has 0 fully saturated rings. The second-order valence-electron chi connectivity index (χ2n) is 8.39. The van der Waals surface area contributed by atoms with Gasteiger partial charge in [0.1, 0.15) is 18.4 Å². The molecule has 0 radical (unpaired) electrons. The van der Waals surface area contributed by atoms with Crippen LogP contribution in [0.4, 0.5) is 23.2 Å². The summed E-state index contributed by atoms with van der Waals surface area (Å²) in [6.45, 7) is -0.0443. The summed E-state index contributed by atoms with van der Waals surface area (Å²) in [6.07, 6.45) is -4.91. The monoisotopic (exact) mass is 585 g/mol. The van der Waals surface area contributed by atoms with Gasteiger partial charge in [0, 0.05) is 19.2 Å². The van der Waals surface area contributed by atoms with Crippen molar-refractivity contribution in [3.8, 4) is 0 Å². The first kappa shape index (κ1) is 29.9. The number of amides is 2. The number of sulfonamides is 1. The van der Waals surface area contributed by atoms with Gasteiger partial charge < -0.3 is 10.2 Å². The molecule has 0 spiro atoms. The van der Waals surface area contributed by atoms with Crippen LogP contribution in [0.15, 0.2) is 77.7 Å². The van der Waals surface area contributed by atoms with E-state index in [2.05, 4.69) is 5.32 Å². The minimum absolute atomic E-state index is 0.0462. The lowest BCUT2D eigenvalue weighted by Crippen LogP contribution is -2.50. The van der Waals surface area contributed by atoms with Crippen LogP contribution in [-0.4, -0.2) is 44.8 Å². The lowest BCUT2D eigenvalue weighted by Gasteiger charge is -2.32. The molecular weight excluding hydrogens is 562 g/mol. The van der Waals surface area contributed by atoms with Crippen molar-refractivity contribution in [3.63, 3.8) is 0 Å². The summed E-state index contributed by atoms with van der Waals surface area (Å²) >= 11 is 5.73. The molecule has 3 aromatic rings. The number of carbonyl (C=O) groups is 2. The maximum Gasteiger partial charge on any atom is 0.417 e. The molecule has 0 saturated carbocycles. The van der Waals surface area contributed by atoms with Gasteiger partial charge in [0.2, 0.25) is 11.8 Å². The van der Waals surface area contributed by atoms with Gasteiger partial charge in [0.15, 0.2) is 0 Å². The van der Waals surface area contributed by atoms with Gasteiger partial charge in [-0.3, -0.25) is 13.9 Å². The lowest BCUT2D eigenvalue weighted by atomic mass is 10.1. The lowest BCUT2D eigenvalue weighted by molar-refractivity contribution is -0.139. The van der Waals surface area contributed by atoms with Crippen LogP contribution in [0, 0.1) is 5.82 Å². The number of anilines is 1. The predicted octanol–water partition coefficient (Wildman–Crippen LogP) is 4.86. The van der Waals surface area contributed by atoms with Crippen LogP contribution in [-0.2, 0) is 32.3 Å². The summed E-state index contributed by atoms with van der Waals surface area (Å²) in [5.41, 5.74) is -1.74. The second-order valence-corrected chi connectivity index (χ2v) is 10.7. The molecule has 39 heavy (non-hydrogen) atoms. The van der Waals surface area contributed by atoms with E-state index in [4.69, 9.17) is 11.6 Å². The molecule has 3 rings (SSSR count). The third-order valence-corrected chi connectivity index (χ3v) is 7.98. The number of hydrogen-bond donors (Lipinski definition) is 1. The number of nitrogens with zero attached hydrogens (tertiary/aromatic N) is 2. The Morgan fingerprint density at radius 2 is 1.62 bits per heavy atom. The van der Waals surface area contributed by atoms with Crippen LogP contribution in [0.3, 0.4) is 0 Å².